The van der Waals surface area contributed by atoms with E-state index in [1.54, 1.807) is 0 Å². The van der Waals surface area contributed by atoms with Gasteiger partial charge in [0.25, 0.3) is 5.91 Å². The molecule has 126 valence electrons. The smallest absolute Gasteiger partial charge is 0.255 e. The van der Waals surface area contributed by atoms with Crippen LogP contribution in [0, 0.1) is 6.92 Å². The minimum absolute atomic E-state index is 0.146. The zero-order valence-electron chi connectivity index (χ0n) is 14.3. The Labute approximate surface area is 148 Å². The summed E-state index contributed by atoms with van der Waals surface area (Å²) in [6, 6.07) is 23.7. The summed E-state index contributed by atoms with van der Waals surface area (Å²) in [5.74, 6) is -0.146. The number of hydrogen-bond donors (Lipinski definition) is 2. The van der Waals surface area contributed by atoms with Crippen molar-refractivity contribution in [3.63, 3.8) is 0 Å². The summed E-state index contributed by atoms with van der Waals surface area (Å²) in [4.78, 5) is 12.4. The maximum atomic E-state index is 12.4. The summed E-state index contributed by atoms with van der Waals surface area (Å²) in [7, 11) is 0. The minimum atomic E-state index is -0.146. The Kier molecular flexibility index (Phi) is 5.14. The summed E-state index contributed by atoms with van der Waals surface area (Å²) in [5, 5.41) is 2.92. The molecule has 1 amide bonds. The maximum absolute atomic E-state index is 12.4. The number of benzene rings is 3. The van der Waals surface area contributed by atoms with Crippen LogP contribution in [0.2, 0.25) is 0 Å². The lowest BCUT2D eigenvalue weighted by atomic mass is 10.0. The summed E-state index contributed by atoms with van der Waals surface area (Å²) < 4.78 is 0. The highest BCUT2D eigenvalue weighted by Gasteiger charge is 2.09. The fourth-order valence-electron chi connectivity index (χ4n) is 2.70. The fraction of sp³-hybridized carbons (Fsp3) is 0.136. The first-order chi connectivity index (χ1) is 12.1. The van der Waals surface area contributed by atoms with E-state index in [1.165, 1.54) is 5.56 Å². The van der Waals surface area contributed by atoms with E-state index in [1.807, 2.05) is 67.6 Å². The van der Waals surface area contributed by atoms with Gasteiger partial charge >= 0.3 is 0 Å². The molecule has 0 saturated heterocycles. The first-order valence-corrected chi connectivity index (χ1v) is 8.42. The molecule has 3 nitrogen and oxygen atoms in total. The molecule has 0 fully saturated rings. The number of nitrogens with two attached hydrogens (primary N) is 1. The second-order valence-corrected chi connectivity index (χ2v) is 6.23. The van der Waals surface area contributed by atoms with Crippen molar-refractivity contribution in [2.24, 2.45) is 0 Å². The van der Waals surface area contributed by atoms with Crippen LogP contribution >= 0.6 is 0 Å². The van der Waals surface area contributed by atoms with Gasteiger partial charge in [0.2, 0.25) is 0 Å². The topological polar surface area (TPSA) is 55.1 Å². The number of amides is 1. The van der Waals surface area contributed by atoms with Crippen molar-refractivity contribution >= 4 is 17.3 Å². The predicted molar refractivity (Wildman–Crippen MR) is 104 cm³/mol. The van der Waals surface area contributed by atoms with Gasteiger partial charge < -0.3 is 11.1 Å². The Morgan fingerprint density at radius 2 is 1.56 bits per heavy atom. The lowest BCUT2D eigenvalue weighted by Gasteiger charge is -2.11. The summed E-state index contributed by atoms with van der Waals surface area (Å²) in [6.07, 6.45) is 1.85. The van der Waals surface area contributed by atoms with Crippen LogP contribution < -0.4 is 11.1 Å². The molecule has 3 N–H and O–H groups in total. The van der Waals surface area contributed by atoms with Crippen LogP contribution in [0.3, 0.4) is 0 Å². The maximum Gasteiger partial charge on any atom is 0.255 e. The third-order valence-corrected chi connectivity index (χ3v) is 4.22. The average molecular weight is 330 g/mol. The van der Waals surface area contributed by atoms with E-state index < -0.39 is 0 Å². The number of carbonyl (C=O) groups is 1. The number of aryl methyl sites for hydroxylation is 3. The molecule has 0 aromatic heterocycles. The van der Waals surface area contributed by atoms with E-state index in [4.69, 9.17) is 5.73 Å². The Bertz CT molecular complexity index is 855. The molecule has 0 unspecified atom stereocenters. The Morgan fingerprint density at radius 3 is 2.28 bits per heavy atom. The summed E-state index contributed by atoms with van der Waals surface area (Å²) in [5.41, 5.74) is 11.5. The number of anilines is 2. The standard InChI is InChI=1S/C22H22N2O/c1-16-7-12-19(13-8-16)22(25)24-21-15-18(11-14-20(21)23)10-9-17-5-3-2-4-6-17/h2-8,11-15H,9-10,23H2,1H3,(H,24,25). The molecule has 3 aromatic carbocycles. The van der Waals surface area contributed by atoms with Crippen molar-refractivity contribution in [1.82, 2.24) is 0 Å². The Hall–Kier alpha value is -3.07. The van der Waals surface area contributed by atoms with E-state index in [2.05, 4.69) is 17.4 Å². The predicted octanol–water partition coefficient (Wildman–Crippen LogP) is 4.61. The first kappa shape index (κ1) is 16.8. The molecule has 0 heterocycles. The molecule has 0 bridgehead atoms. The highest BCUT2D eigenvalue weighted by atomic mass is 16.1. The molecule has 0 atom stereocenters. The molecular formula is C22H22N2O. The van der Waals surface area contributed by atoms with Gasteiger partial charge in [0, 0.05) is 5.56 Å². The van der Waals surface area contributed by atoms with Gasteiger partial charge in [0.05, 0.1) is 11.4 Å². The fourth-order valence-corrected chi connectivity index (χ4v) is 2.70. The third-order valence-electron chi connectivity index (χ3n) is 4.22. The van der Waals surface area contributed by atoms with E-state index in [-0.39, 0.29) is 5.91 Å². The van der Waals surface area contributed by atoms with Gasteiger partial charge in [-0.05, 0) is 55.2 Å². The molecule has 0 aliphatic heterocycles. The molecular weight excluding hydrogens is 308 g/mol. The molecule has 25 heavy (non-hydrogen) atoms. The molecule has 0 saturated carbocycles. The van der Waals surface area contributed by atoms with Gasteiger partial charge in [-0.15, -0.1) is 0 Å². The van der Waals surface area contributed by atoms with E-state index in [0.29, 0.717) is 16.9 Å². The number of hydrogen-bond acceptors (Lipinski definition) is 2. The molecule has 3 heteroatoms. The Morgan fingerprint density at radius 1 is 0.880 bits per heavy atom. The van der Waals surface area contributed by atoms with Crippen molar-refractivity contribution in [1.29, 1.82) is 0 Å². The van der Waals surface area contributed by atoms with Crippen LogP contribution in [-0.2, 0) is 12.8 Å². The second-order valence-electron chi connectivity index (χ2n) is 6.23. The highest BCUT2D eigenvalue weighted by Crippen LogP contribution is 2.22. The normalized spacial score (nSPS) is 10.4. The second kappa shape index (κ2) is 7.67. The molecule has 3 aromatic rings. The first-order valence-electron chi connectivity index (χ1n) is 8.42. The quantitative estimate of drug-likeness (QED) is 0.671. The molecule has 0 spiro atoms. The lowest BCUT2D eigenvalue weighted by Crippen LogP contribution is -2.13. The van der Waals surface area contributed by atoms with E-state index >= 15 is 0 Å². The van der Waals surface area contributed by atoms with Gasteiger partial charge in [-0.3, -0.25) is 4.79 Å². The summed E-state index contributed by atoms with van der Waals surface area (Å²) >= 11 is 0. The van der Waals surface area contributed by atoms with E-state index in [9.17, 15) is 4.79 Å². The molecule has 0 radical (unpaired) electrons. The molecule has 0 aliphatic carbocycles. The van der Waals surface area contributed by atoms with Crippen LogP contribution in [0.25, 0.3) is 0 Å². The van der Waals surface area contributed by atoms with Crippen molar-refractivity contribution < 1.29 is 4.79 Å². The van der Waals surface area contributed by atoms with Gasteiger partial charge in [0.15, 0.2) is 0 Å². The van der Waals surface area contributed by atoms with Crippen LogP contribution in [0.1, 0.15) is 27.0 Å². The van der Waals surface area contributed by atoms with Gasteiger partial charge in [-0.1, -0.05) is 54.1 Å². The van der Waals surface area contributed by atoms with Gasteiger partial charge in [0.1, 0.15) is 0 Å². The molecule has 3 rings (SSSR count). The monoisotopic (exact) mass is 330 g/mol. The summed E-state index contributed by atoms with van der Waals surface area (Å²) in [6.45, 7) is 2.00. The van der Waals surface area contributed by atoms with E-state index in [0.717, 1.165) is 24.0 Å². The zero-order chi connectivity index (χ0) is 17.6. The lowest BCUT2D eigenvalue weighted by molar-refractivity contribution is 0.102. The Balaban J connectivity index is 1.70. The average Bonchev–Trinajstić information content (AvgIpc) is 2.63. The number of nitrogens with one attached hydrogen (secondary N) is 1. The highest BCUT2D eigenvalue weighted by molar-refractivity contribution is 6.05. The van der Waals surface area contributed by atoms with Crippen LogP contribution in [0.15, 0.2) is 72.8 Å². The SMILES string of the molecule is Cc1ccc(C(=O)Nc2cc(CCc3ccccc3)ccc2N)cc1. The molecule has 0 aliphatic rings. The van der Waals surface area contributed by atoms with Gasteiger partial charge in [-0.2, -0.15) is 0 Å². The number of carbonyl (C=O) groups excluding carboxylic acids is 1. The van der Waals surface area contributed by atoms with Crippen LogP contribution in [-0.4, -0.2) is 5.91 Å². The van der Waals surface area contributed by atoms with Crippen molar-refractivity contribution in [2.45, 2.75) is 19.8 Å². The van der Waals surface area contributed by atoms with Crippen LogP contribution in [0.4, 0.5) is 11.4 Å². The third kappa shape index (κ3) is 4.48. The number of nitrogen functional groups attached to an aromatic ring is 1. The minimum Gasteiger partial charge on any atom is -0.397 e. The van der Waals surface area contributed by atoms with Crippen LogP contribution in [0.5, 0.6) is 0 Å². The van der Waals surface area contributed by atoms with Crippen molar-refractivity contribution in [2.75, 3.05) is 11.1 Å². The number of rotatable bonds is 5. The largest absolute Gasteiger partial charge is 0.397 e. The van der Waals surface area contributed by atoms with Gasteiger partial charge in [-0.25, -0.2) is 0 Å². The zero-order valence-corrected chi connectivity index (χ0v) is 14.3. The van der Waals surface area contributed by atoms with Crippen molar-refractivity contribution in [3.8, 4) is 0 Å². The van der Waals surface area contributed by atoms with Crippen molar-refractivity contribution in [3.05, 3.63) is 95.1 Å².